The van der Waals surface area contributed by atoms with Gasteiger partial charge in [0.15, 0.2) is 17.3 Å². The number of hydrogen-bond acceptors (Lipinski definition) is 11. The second kappa shape index (κ2) is 21.9. The van der Waals surface area contributed by atoms with E-state index >= 15 is 0 Å². The van der Waals surface area contributed by atoms with Crippen molar-refractivity contribution in [1.82, 2.24) is 10.6 Å². The van der Waals surface area contributed by atoms with Crippen molar-refractivity contribution < 1.29 is 67.4 Å². The lowest BCUT2D eigenvalue weighted by molar-refractivity contribution is -0.139. The van der Waals surface area contributed by atoms with E-state index in [0.29, 0.717) is 12.0 Å². The number of Topliss-reactive ketones (excluding diaryl/α,β-unsaturated/α-hetero) is 4. The first kappa shape index (κ1) is 44.9. The van der Waals surface area contributed by atoms with Gasteiger partial charge in [-0.05, 0) is 31.2 Å². The summed E-state index contributed by atoms with van der Waals surface area (Å²) in [5.74, 6) is -10.4. The molecule has 17 nitrogen and oxygen atoms in total. The average molecular weight is 742 g/mol. The highest BCUT2D eigenvalue weighted by molar-refractivity contribution is 7.46. The van der Waals surface area contributed by atoms with Crippen LogP contribution in [0.5, 0.6) is 0 Å². The maximum absolute atomic E-state index is 13.7. The van der Waals surface area contributed by atoms with E-state index in [4.69, 9.17) is 25.7 Å². The minimum atomic E-state index is -5.09. The lowest BCUT2D eigenvalue weighted by Crippen LogP contribution is -2.47. The topological polar surface area (TPSA) is 294 Å². The molecule has 1 rings (SSSR count). The van der Waals surface area contributed by atoms with Gasteiger partial charge in [-0.25, -0.2) is 4.57 Å². The Morgan fingerprint density at radius 1 is 0.863 bits per heavy atom. The van der Waals surface area contributed by atoms with Crippen molar-refractivity contribution >= 4 is 54.7 Å². The summed E-state index contributed by atoms with van der Waals surface area (Å²) in [5, 5.41) is 22.9. The molecule has 0 aromatic heterocycles. The van der Waals surface area contributed by atoms with E-state index in [1.807, 2.05) is 0 Å². The van der Waals surface area contributed by atoms with Crippen molar-refractivity contribution in [1.29, 1.82) is 0 Å². The Bertz CT molecular complexity index is 1450. The second-order valence-corrected chi connectivity index (χ2v) is 13.7. The molecule has 1 aromatic carbocycles. The van der Waals surface area contributed by atoms with Crippen LogP contribution >= 0.6 is 7.82 Å². The van der Waals surface area contributed by atoms with Gasteiger partial charge in [0.05, 0.1) is 37.6 Å². The predicted octanol–water partition coefficient (Wildman–Crippen LogP) is 0.968. The highest BCUT2D eigenvalue weighted by atomic mass is 31.2. The van der Waals surface area contributed by atoms with Crippen molar-refractivity contribution in [3.63, 3.8) is 0 Å². The number of nitrogens with one attached hydrogen (secondary N) is 2. The molecule has 6 atom stereocenters. The van der Waals surface area contributed by atoms with E-state index in [2.05, 4.69) is 15.2 Å². The molecule has 0 aliphatic heterocycles. The quantitative estimate of drug-likeness (QED) is 0.0651. The number of phosphoric ester groups is 1. The Hall–Kier alpha value is -4.15. The summed E-state index contributed by atoms with van der Waals surface area (Å²) in [6.45, 7) is 3.14. The Balaban J connectivity index is 3.13. The number of carboxylic acid groups (broad SMARTS) is 2. The monoisotopic (exact) mass is 741 g/mol. The Labute approximate surface area is 295 Å². The molecule has 51 heavy (non-hydrogen) atoms. The molecule has 284 valence electrons. The van der Waals surface area contributed by atoms with Gasteiger partial charge in [0.25, 0.3) is 0 Å². The zero-order valence-electron chi connectivity index (χ0n) is 28.8. The van der Waals surface area contributed by atoms with Crippen molar-refractivity contribution in [2.24, 2.45) is 29.4 Å². The highest BCUT2D eigenvalue weighted by Crippen LogP contribution is 2.36. The molecule has 0 fully saturated rings. The van der Waals surface area contributed by atoms with Crippen LogP contribution in [0.25, 0.3) is 0 Å². The lowest BCUT2D eigenvalue weighted by Gasteiger charge is -2.26. The van der Waals surface area contributed by atoms with Gasteiger partial charge in [-0.2, -0.15) is 0 Å². The highest BCUT2D eigenvalue weighted by Gasteiger charge is 2.33. The maximum Gasteiger partial charge on any atom is 0.469 e. The number of amides is 2. The van der Waals surface area contributed by atoms with E-state index in [1.165, 1.54) is 6.92 Å². The molecule has 0 radical (unpaired) electrons. The fraction of sp³-hybridized carbons (Fsp3) is 0.576. The third-order valence-corrected chi connectivity index (χ3v) is 8.85. The van der Waals surface area contributed by atoms with Crippen molar-refractivity contribution in [3.05, 3.63) is 35.9 Å². The molecular weight excluding hydrogens is 693 g/mol. The molecule has 0 aliphatic rings. The van der Waals surface area contributed by atoms with Gasteiger partial charge in [0.1, 0.15) is 5.78 Å². The minimum Gasteiger partial charge on any atom is -0.481 e. The van der Waals surface area contributed by atoms with E-state index in [9.17, 15) is 42.9 Å². The normalized spacial score (nSPS) is 14.9. The fourth-order valence-electron chi connectivity index (χ4n) is 5.10. The van der Waals surface area contributed by atoms with E-state index in [-0.39, 0.29) is 31.5 Å². The van der Waals surface area contributed by atoms with Crippen LogP contribution in [-0.4, -0.2) is 92.1 Å². The van der Waals surface area contributed by atoms with Crippen LogP contribution in [0.3, 0.4) is 0 Å². The van der Waals surface area contributed by atoms with Crippen LogP contribution < -0.4 is 16.4 Å². The van der Waals surface area contributed by atoms with E-state index in [1.54, 1.807) is 44.2 Å². The summed E-state index contributed by atoms with van der Waals surface area (Å²) in [7, 11) is -5.09. The molecule has 0 heterocycles. The summed E-state index contributed by atoms with van der Waals surface area (Å²) >= 11 is 0. The molecule has 0 spiro atoms. The van der Waals surface area contributed by atoms with Gasteiger partial charge >= 0.3 is 19.8 Å². The molecule has 0 saturated heterocycles. The minimum absolute atomic E-state index is 0.0547. The number of hydrogen-bond donors (Lipinski definition) is 7. The Kier molecular flexibility index (Phi) is 19.3. The van der Waals surface area contributed by atoms with Crippen molar-refractivity contribution in [2.45, 2.75) is 84.2 Å². The van der Waals surface area contributed by atoms with Gasteiger partial charge in [-0.1, -0.05) is 50.6 Å². The Morgan fingerprint density at radius 2 is 1.47 bits per heavy atom. The molecule has 8 N–H and O–H groups in total. The molecule has 18 heteroatoms. The number of carbonyl (C=O) groups is 8. The van der Waals surface area contributed by atoms with Gasteiger partial charge in [0, 0.05) is 37.5 Å². The predicted molar refractivity (Wildman–Crippen MR) is 180 cm³/mol. The first-order valence-electron chi connectivity index (χ1n) is 16.3. The zero-order valence-corrected chi connectivity index (χ0v) is 29.7. The zero-order chi connectivity index (χ0) is 38.9. The number of carboxylic acids is 2. The molecular formula is C33H48N3O14P. The standard InChI is InChI=1S/C33H48N3O14P/c1-4-19(2)25(15-24(38)17-35-32(45)23(18-50-51(47,48)49)14-28(39)26(34)16-31(43)44)33(46)36-27(12-21-8-6-5-7-9-21)29(40)13-22(20(3)37)10-11-30(41)42/h5-9,19,22-23,25-27H,4,10-18,34H2,1-3H3,(H,35,45)(H,36,46)(H,41,42)(H,43,44)(H2,47,48,49)/t19?,22-,23+,25+,26+,27+/m1/s1. The van der Waals surface area contributed by atoms with Crippen molar-refractivity contribution in [2.75, 3.05) is 13.2 Å². The number of aliphatic carboxylic acids is 2. The maximum atomic E-state index is 13.7. The number of nitrogens with two attached hydrogens (primary N) is 1. The molecule has 0 saturated carbocycles. The SMILES string of the molecule is CCC(C)[C@H](CC(=O)CNC(=O)[C@H](COP(=O)(O)O)CC(=O)[C@@H](N)CC(=O)O)C(=O)N[C@@H](Cc1ccccc1)C(=O)C[C@@H](CCC(=O)O)C(C)=O. The first-order valence-corrected chi connectivity index (χ1v) is 17.9. The summed E-state index contributed by atoms with van der Waals surface area (Å²) in [6.07, 6.45) is -2.10. The Morgan fingerprint density at radius 3 is 2.00 bits per heavy atom. The van der Waals surface area contributed by atoms with E-state index in [0.717, 1.165) is 0 Å². The molecule has 1 aromatic rings. The molecule has 0 bridgehead atoms. The summed E-state index contributed by atoms with van der Waals surface area (Å²) in [4.78, 5) is 118. The van der Waals surface area contributed by atoms with Crippen LogP contribution in [0.2, 0.25) is 0 Å². The van der Waals surface area contributed by atoms with Crippen LogP contribution in [0, 0.1) is 23.7 Å². The smallest absolute Gasteiger partial charge is 0.469 e. The summed E-state index contributed by atoms with van der Waals surface area (Å²) in [5.41, 5.74) is 6.24. The number of carbonyl (C=O) groups excluding carboxylic acids is 6. The molecule has 2 amide bonds. The molecule has 1 unspecified atom stereocenters. The van der Waals surface area contributed by atoms with Crippen molar-refractivity contribution in [3.8, 4) is 0 Å². The molecule has 0 aliphatic carbocycles. The van der Waals surface area contributed by atoms with Crippen LogP contribution in [0.15, 0.2) is 30.3 Å². The number of rotatable bonds is 26. The number of benzene rings is 1. The number of ketones is 4. The average Bonchev–Trinajstić information content (AvgIpc) is 3.04. The van der Waals surface area contributed by atoms with Gasteiger partial charge in [-0.15, -0.1) is 0 Å². The first-order chi connectivity index (χ1) is 23.7. The fourth-order valence-corrected chi connectivity index (χ4v) is 5.47. The largest absolute Gasteiger partial charge is 0.481 e. The van der Waals surface area contributed by atoms with Gasteiger partial charge < -0.3 is 36.4 Å². The van der Waals surface area contributed by atoms with Gasteiger partial charge in [-0.3, -0.25) is 42.9 Å². The third kappa shape index (κ3) is 18.1. The summed E-state index contributed by atoms with van der Waals surface area (Å²) in [6, 6.07) is 6.09. The third-order valence-electron chi connectivity index (χ3n) is 8.36. The van der Waals surface area contributed by atoms with E-state index < -0.39 is 117 Å². The second-order valence-electron chi connectivity index (χ2n) is 12.5. The number of phosphoric acid groups is 1. The van der Waals surface area contributed by atoms with Crippen LogP contribution in [0.4, 0.5) is 0 Å². The van der Waals surface area contributed by atoms with Crippen LogP contribution in [0.1, 0.15) is 71.3 Å². The van der Waals surface area contributed by atoms with Crippen LogP contribution in [-0.2, 0) is 53.9 Å². The lowest BCUT2D eigenvalue weighted by atomic mass is 9.85. The van der Waals surface area contributed by atoms with Gasteiger partial charge in [0.2, 0.25) is 11.8 Å². The summed E-state index contributed by atoms with van der Waals surface area (Å²) < 4.78 is 15.6.